The van der Waals surface area contributed by atoms with Gasteiger partial charge in [-0.25, -0.2) is 0 Å². The van der Waals surface area contributed by atoms with Gasteiger partial charge in [0.2, 0.25) is 0 Å². The second-order valence-electron chi connectivity index (χ2n) is 3.40. The van der Waals surface area contributed by atoms with Crippen LogP contribution in [0.4, 0.5) is 0 Å². The number of carbonyl (C=O) groups is 1. The summed E-state index contributed by atoms with van der Waals surface area (Å²) in [5.41, 5.74) is 0.155. The highest BCUT2D eigenvalue weighted by Gasteiger charge is 2.48. The van der Waals surface area contributed by atoms with Gasteiger partial charge in [0.25, 0.3) is 0 Å². The van der Waals surface area contributed by atoms with Crippen molar-refractivity contribution in [2.24, 2.45) is 5.41 Å². The maximum atomic E-state index is 11.1. The fraction of sp³-hybridized carbons (Fsp3) is 0.875. The molecule has 0 heterocycles. The van der Waals surface area contributed by atoms with Gasteiger partial charge in [0.15, 0.2) is 0 Å². The zero-order chi connectivity index (χ0) is 8.48. The molecular weight excluding hydrogens is 178 g/mol. The first-order valence-electron chi connectivity index (χ1n) is 3.89. The minimum absolute atomic E-state index is 0. The molecule has 1 aliphatic carbocycles. The molecule has 0 bridgehead atoms. The van der Waals surface area contributed by atoms with Gasteiger partial charge < -0.3 is 10.1 Å². The zero-order valence-corrected chi connectivity index (χ0v) is 8.53. The number of likely N-dealkylation sites (N-methyl/N-ethyl adjacent to an activating group) is 1. The van der Waals surface area contributed by atoms with E-state index < -0.39 is 0 Å². The molecule has 0 aliphatic heterocycles. The van der Waals surface area contributed by atoms with Crippen LogP contribution in [0.15, 0.2) is 0 Å². The van der Waals surface area contributed by atoms with Crippen molar-refractivity contribution in [3.63, 3.8) is 0 Å². The van der Waals surface area contributed by atoms with E-state index in [4.69, 9.17) is 0 Å². The summed E-state index contributed by atoms with van der Waals surface area (Å²) in [7, 11) is 3.23. The van der Waals surface area contributed by atoms with Gasteiger partial charge in [-0.05, 0) is 25.3 Å². The van der Waals surface area contributed by atoms with Crippen LogP contribution >= 0.6 is 12.4 Å². The quantitative estimate of drug-likeness (QED) is 0.679. The number of halogens is 1. The van der Waals surface area contributed by atoms with E-state index in [1.54, 1.807) is 7.05 Å². The van der Waals surface area contributed by atoms with E-state index in [9.17, 15) is 4.79 Å². The van der Waals surface area contributed by atoms with Gasteiger partial charge in [-0.15, -0.1) is 12.4 Å². The van der Waals surface area contributed by atoms with Crippen LogP contribution in [0.5, 0.6) is 0 Å². The number of esters is 1. The number of methoxy groups -OCH3 is 1. The minimum Gasteiger partial charge on any atom is -0.468 e. The van der Waals surface area contributed by atoms with Crippen LogP contribution in [0.25, 0.3) is 0 Å². The molecule has 1 rings (SSSR count). The number of nitrogens with one attached hydrogen (secondary N) is 1. The van der Waals surface area contributed by atoms with Crippen molar-refractivity contribution >= 4 is 18.4 Å². The van der Waals surface area contributed by atoms with E-state index in [1.165, 1.54) is 7.11 Å². The number of hydrogen-bond donors (Lipinski definition) is 1. The average Bonchev–Trinajstić information content (AvgIpc) is 2.70. The van der Waals surface area contributed by atoms with Crippen molar-refractivity contribution in [1.82, 2.24) is 5.32 Å². The lowest BCUT2D eigenvalue weighted by molar-refractivity contribution is -0.144. The molecule has 72 valence electrons. The standard InChI is InChI=1S/C8H15NO2.ClH/c1-8(4-5-8)6(9-2)7(10)11-3;/h6,9H,4-5H2,1-3H3;1H/t6-;/m1./s1. The fourth-order valence-electron chi connectivity index (χ4n) is 1.35. The van der Waals surface area contributed by atoms with Crippen molar-refractivity contribution in [2.75, 3.05) is 14.2 Å². The van der Waals surface area contributed by atoms with Crippen LogP contribution in [0.1, 0.15) is 19.8 Å². The van der Waals surface area contributed by atoms with E-state index in [0.717, 1.165) is 12.8 Å². The van der Waals surface area contributed by atoms with Crippen LogP contribution in [0, 0.1) is 5.41 Å². The number of ether oxygens (including phenoxy) is 1. The predicted octanol–water partition coefficient (Wildman–Crippen LogP) is 0.969. The molecule has 3 nitrogen and oxygen atoms in total. The lowest BCUT2D eigenvalue weighted by Crippen LogP contribution is -2.41. The van der Waals surface area contributed by atoms with Crippen molar-refractivity contribution < 1.29 is 9.53 Å². The molecule has 0 aromatic rings. The van der Waals surface area contributed by atoms with Gasteiger partial charge in [-0.2, -0.15) is 0 Å². The Balaban J connectivity index is 0.00000121. The summed E-state index contributed by atoms with van der Waals surface area (Å²) in [6.07, 6.45) is 2.24. The Morgan fingerprint density at radius 1 is 1.58 bits per heavy atom. The molecule has 1 atom stereocenters. The maximum absolute atomic E-state index is 11.1. The molecule has 0 radical (unpaired) electrons. The number of hydrogen-bond acceptors (Lipinski definition) is 3. The highest BCUT2D eigenvalue weighted by molar-refractivity contribution is 5.85. The average molecular weight is 194 g/mol. The summed E-state index contributed by atoms with van der Waals surface area (Å²) in [6, 6.07) is -0.118. The lowest BCUT2D eigenvalue weighted by atomic mass is 9.99. The Morgan fingerprint density at radius 2 is 2.08 bits per heavy atom. The summed E-state index contributed by atoms with van der Waals surface area (Å²) in [5.74, 6) is -0.146. The predicted molar refractivity (Wildman–Crippen MR) is 49.5 cm³/mol. The Kier molecular flexibility index (Phi) is 4.00. The zero-order valence-electron chi connectivity index (χ0n) is 7.72. The van der Waals surface area contributed by atoms with Gasteiger partial charge >= 0.3 is 5.97 Å². The summed E-state index contributed by atoms with van der Waals surface area (Å²) in [6.45, 7) is 2.10. The Labute approximate surface area is 79.3 Å². The summed E-state index contributed by atoms with van der Waals surface area (Å²) >= 11 is 0. The molecule has 1 saturated carbocycles. The molecule has 0 unspecified atom stereocenters. The number of rotatable bonds is 3. The monoisotopic (exact) mass is 193 g/mol. The number of carbonyl (C=O) groups excluding carboxylic acids is 1. The molecule has 1 N–H and O–H groups in total. The van der Waals surface area contributed by atoms with Crippen molar-refractivity contribution in [3.8, 4) is 0 Å². The van der Waals surface area contributed by atoms with Crippen LogP contribution < -0.4 is 5.32 Å². The molecule has 1 fully saturated rings. The highest BCUT2D eigenvalue weighted by atomic mass is 35.5. The second-order valence-corrected chi connectivity index (χ2v) is 3.40. The van der Waals surface area contributed by atoms with E-state index in [0.29, 0.717) is 0 Å². The first kappa shape index (κ1) is 11.7. The van der Waals surface area contributed by atoms with E-state index in [-0.39, 0.29) is 29.8 Å². The second kappa shape index (κ2) is 4.10. The van der Waals surface area contributed by atoms with Crippen LogP contribution in [-0.4, -0.2) is 26.2 Å². The molecule has 0 aromatic heterocycles. The minimum atomic E-state index is -0.146. The van der Waals surface area contributed by atoms with Gasteiger partial charge in [-0.3, -0.25) is 4.79 Å². The fourth-order valence-corrected chi connectivity index (χ4v) is 1.35. The summed E-state index contributed by atoms with van der Waals surface area (Å²) in [5, 5.41) is 2.98. The molecule has 0 spiro atoms. The smallest absolute Gasteiger partial charge is 0.323 e. The Morgan fingerprint density at radius 3 is 2.33 bits per heavy atom. The van der Waals surface area contributed by atoms with Crippen LogP contribution in [0.3, 0.4) is 0 Å². The first-order chi connectivity index (χ1) is 5.14. The van der Waals surface area contributed by atoms with Crippen molar-refractivity contribution in [1.29, 1.82) is 0 Å². The SMILES string of the molecule is CN[C@H](C(=O)OC)C1(C)CC1.Cl. The maximum Gasteiger partial charge on any atom is 0.323 e. The Hall–Kier alpha value is -0.280. The van der Waals surface area contributed by atoms with Gasteiger partial charge in [0.05, 0.1) is 7.11 Å². The van der Waals surface area contributed by atoms with Gasteiger partial charge in [0, 0.05) is 0 Å². The summed E-state index contributed by atoms with van der Waals surface area (Å²) < 4.78 is 4.67. The van der Waals surface area contributed by atoms with Gasteiger partial charge in [-0.1, -0.05) is 6.92 Å². The molecule has 4 heteroatoms. The molecule has 12 heavy (non-hydrogen) atoms. The van der Waals surface area contributed by atoms with Crippen molar-refractivity contribution in [2.45, 2.75) is 25.8 Å². The molecule has 0 aromatic carbocycles. The van der Waals surface area contributed by atoms with E-state index in [2.05, 4.69) is 17.0 Å². The van der Waals surface area contributed by atoms with E-state index in [1.807, 2.05) is 0 Å². The van der Waals surface area contributed by atoms with Gasteiger partial charge in [0.1, 0.15) is 6.04 Å². The molecular formula is C8H16ClNO2. The normalized spacial score (nSPS) is 20.6. The van der Waals surface area contributed by atoms with Crippen molar-refractivity contribution in [3.05, 3.63) is 0 Å². The van der Waals surface area contributed by atoms with Crippen LogP contribution in [-0.2, 0) is 9.53 Å². The van der Waals surface area contributed by atoms with Crippen LogP contribution in [0.2, 0.25) is 0 Å². The molecule has 0 saturated heterocycles. The Bertz CT molecular complexity index is 168. The lowest BCUT2D eigenvalue weighted by Gasteiger charge is -2.19. The van der Waals surface area contributed by atoms with E-state index >= 15 is 0 Å². The largest absolute Gasteiger partial charge is 0.468 e. The molecule has 1 aliphatic rings. The summed E-state index contributed by atoms with van der Waals surface area (Å²) in [4.78, 5) is 11.1. The molecule has 0 amide bonds. The highest BCUT2D eigenvalue weighted by Crippen LogP contribution is 2.48. The third-order valence-corrected chi connectivity index (χ3v) is 2.46. The third-order valence-electron chi connectivity index (χ3n) is 2.46. The first-order valence-corrected chi connectivity index (χ1v) is 3.89. The third kappa shape index (κ3) is 2.11. The topological polar surface area (TPSA) is 38.3 Å².